The Morgan fingerprint density at radius 3 is 2.67 bits per heavy atom. The summed E-state index contributed by atoms with van der Waals surface area (Å²) in [6.45, 7) is 6.05. The number of aliphatic hydroxyl groups excluding tert-OH is 1. The predicted molar refractivity (Wildman–Crippen MR) is 85.2 cm³/mol. The first kappa shape index (κ1) is 17.6. The van der Waals surface area contributed by atoms with Crippen LogP contribution in [0.3, 0.4) is 0 Å². The van der Waals surface area contributed by atoms with Gasteiger partial charge in [-0.2, -0.15) is 0 Å². The van der Waals surface area contributed by atoms with E-state index in [9.17, 15) is 9.90 Å². The molecule has 0 saturated carbocycles. The first-order valence-corrected chi connectivity index (χ1v) is 7.28. The van der Waals surface area contributed by atoms with Crippen LogP contribution in [0.15, 0.2) is 12.1 Å². The fourth-order valence-electron chi connectivity index (χ4n) is 2.03. The highest BCUT2D eigenvalue weighted by molar-refractivity contribution is 6.31. The molecule has 0 heterocycles. The number of urea groups is 1. The molecule has 6 heteroatoms. The number of hydrogen-bond donors (Lipinski definition) is 3. The quantitative estimate of drug-likeness (QED) is 0.755. The number of hydrogen-bond acceptors (Lipinski definition) is 3. The lowest BCUT2D eigenvalue weighted by Gasteiger charge is -2.16. The third kappa shape index (κ3) is 5.81. The van der Waals surface area contributed by atoms with Gasteiger partial charge in [0.1, 0.15) is 5.75 Å². The molecule has 21 heavy (non-hydrogen) atoms. The van der Waals surface area contributed by atoms with Crippen LogP contribution in [0.1, 0.15) is 25.8 Å². The van der Waals surface area contributed by atoms with Crippen LogP contribution in [0.5, 0.6) is 5.75 Å². The van der Waals surface area contributed by atoms with E-state index in [1.807, 2.05) is 13.8 Å². The Balaban J connectivity index is 2.61. The number of benzene rings is 1. The summed E-state index contributed by atoms with van der Waals surface area (Å²) in [6, 6.07) is 3.12. The summed E-state index contributed by atoms with van der Waals surface area (Å²) in [5.74, 6) is 0.711. The average molecular weight is 315 g/mol. The second-order valence-electron chi connectivity index (χ2n) is 5.33. The number of anilines is 1. The first-order valence-electron chi connectivity index (χ1n) is 6.90. The lowest BCUT2D eigenvalue weighted by atomic mass is 10.1. The number of amides is 2. The first-order chi connectivity index (χ1) is 9.83. The van der Waals surface area contributed by atoms with E-state index >= 15 is 0 Å². The number of ether oxygens (including phenoxy) is 1. The van der Waals surface area contributed by atoms with Crippen LogP contribution in [-0.2, 0) is 0 Å². The number of rotatable bonds is 6. The van der Waals surface area contributed by atoms with Crippen LogP contribution < -0.4 is 15.4 Å². The predicted octanol–water partition coefficient (Wildman–Crippen LogP) is 3.19. The highest BCUT2D eigenvalue weighted by atomic mass is 35.5. The second-order valence-corrected chi connectivity index (χ2v) is 5.73. The van der Waals surface area contributed by atoms with Crippen LogP contribution in [-0.4, -0.2) is 30.9 Å². The SMILES string of the molecule is COc1cc(Cl)c(C)cc1NC(=O)NC[C@@H](C)C[C@H](C)O. The van der Waals surface area contributed by atoms with E-state index in [2.05, 4.69) is 10.6 Å². The van der Waals surface area contributed by atoms with Crippen LogP contribution in [0.4, 0.5) is 10.5 Å². The minimum atomic E-state index is -0.371. The zero-order valence-electron chi connectivity index (χ0n) is 12.9. The van der Waals surface area contributed by atoms with Crippen LogP contribution in [0.25, 0.3) is 0 Å². The lowest BCUT2D eigenvalue weighted by Crippen LogP contribution is -2.33. The van der Waals surface area contributed by atoms with E-state index in [1.165, 1.54) is 7.11 Å². The van der Waals surface area contributed by atoms with Gasteiger partial charge in [0.05, 0.1) is 18.9 Å². The zero-order valence-corrected chi connectivity index (χ0v) is 13.6. The molecule has 0 fully saturated rings. The molecule has 118 valence electrons. The smallest absolute Gasteiger partial charge is 0.319 e. The molecule has 0 aromatic heterocycles. The molecule has 0 spiro atoms. The van der Waals surface area contributed by atoms with Crippen molar-refractivity contribution in [2.45, 2.75) is 33.3 Å². The number of carbonyl (C=O) groups is 1. The molecule has 0 aliphatic carbocycles. The van der Waals surface area contributed by atoms with Crippen LogP contribution in [0.2, 0.25) is 5.02 Å². The third-order valence-corrected chi connectivity index (χ3v) is 3.49. The molecule has 1 aromatic carbocycles. The van der Waals surface area contributed by atoms with Gasteiger partial charge in [-0.1, -0.05) is 18.5 Å². The van der Waals surface area contributed by atoms with Crippen LogP contribution in [0, 0.1) is 12.8 Å². The van der Waals surface area contributed by atoms with Crippen molar-refractivity contribution >= 4 is 23.3 Å². The molecule has 3 N–H and O–H groups in total. The second kappa shape index (κ2) is 8.10. The number of halogens is 1. The van der Waals surface area contributed by atoms with Crippen molar-refractivity contribution in [3.8, 4) is 5.75 Å². The topological polar surface area (TPSA) is 70.6 Å². The van der Waals surface area contributed by atoms with Gasteiger partial charge < -0.3 is 20.5 Å². The molecule has 2 atom stereocenters. The van der Waals surface area contributed by atoms with Crippen LogP contribution >= 0.6 is 11.6 Å². The maximum atomic E-state index is 11.9. The van der Waals surface area contributed by atoms with E-state index < -0.39 is 0 Å². The molecule has 0 radical (unpaired) electrons. The normalized spacial score (nSPS) is 13.4. The van der Waals surface area contributed by atoms with Crippen molar-refractivity contribution in [1.82, 2.24) is 5.32 Å². The molecule has 0 bridgehead atoms. The average Bonchev–Trinajstić information content (AvgIpc) is 2.39. The van der Waals surface area contributed by atoms with E-state index in [1.54, 1.807) is 19.1 Å². The molecule has 0 aliphatic rings. The van der Waals surface area contributed by atoms with Gasteiger partial charge >= 0.3 is 6.03 Å². The summed E-state index contributed by atoms with van der Waals surface area (Å²) in [4.78, 5) is 11.9. The van der Waals surface area contributed by atoms with Gasteiger partial charge in [0.25, 0.3) is 0 Å². The summed E-state index contributed by atoms with van der Waals surface area (Å²) in [5, 5.41) is 15.4. The molecule has 0 aliphatic heterocycles. The van der Waals surface area contributed by atoms with E-state index in [-0.39, 0.29) is 18.1 Å². The van der Waals surface area contributed by atoms with E-state index in [0.717, 1.165) is 5.56 Å². The molecule has 0 saturated heterocycles. The summed E-state index contributed by atoms with van der Waals surface area (Å²) >= 11 is 6.02. The highest BCUT2D eigenvalue weighted by Crippen LogP contribution is 2.30. The van der Waals surface area contributed by atoms with Gasteiger partial charge in [-0.25, -0.2) is 4.79 Å². The van der Waals surface area contributed by atoms with Gasteiger partial charge in [0, 0.05) is 17.6 Å². The fourth-order valence-corrected chi connectivity index (χ4v) is 2.18. The Labute approximate surface area is 130 Å². The summed E-state index contributed by atoms with van der Waals surface area (Å²) in [5.41, 5.74) is 1.43. The summed E-state index contributed by atoms with van der Waals surface area (Å²) in [7, 11) is 1.52. The van der Waals surface area contributed by atoms with Gasteiger partial charge in [-0.3, -0.25) is 0 Å². The summed E-state index contributed by atoms with van der Waals surface area (Å²) < 4.78 is 5.20. The standard InChI is InChI=1S/C15H23ClN2O3/c1-9(5-11(3)19)8-17-15(20)18-13-6-10(2)12(16)7-14(13)21-4/h6-7,9,11,19H,5,8H2,1-4H3,(H2,17,18,20)/t9-,11-/m0/s1. The summed E-state index contributed by atoms with van der Waals surface area (Å²) in [6.07, 6.45) is 0.271. The largest absolute Gasteiger partial charge is 0.495 e. The van der Waals surface area contributed by atoms with Gasteiger partial charge in [-0.05, 0) is 37.8 Å². The van der Waals surface area contributed by atoms with Crippen molar-refractivity contribution in [3.63, 3.8) is 0 Å². The number of nitrogens with one attached hydrogen (secondary N) is 2. The van der Waals surface area contributed by atoms with Crippen molar-refractivity contribution < 1.29 is 14.6 Å². The van der Waals surface area contributed by atoms with E-state index in [4.69, 9.17) is 16.3 Å². The van der Waals surface area contributed by atoms with E-state index in [0.29, 0.717) is 29.4 Å². The Bertz CT molecular complexity index is 492. The molecular formula is C15H23ClN2O3. The highest BCUT2D eigenvalue weighted by Gasteiger charge is 2.12. The van der Waals surface area contributed by atoms with Gasteiger partial charge in [0.2, 0.25) is 0 Å². The number of aliphatic hydroxyl groups is 1. The molecule has 1 aromatic rings. The number of aryl methyl sites for hydroxylation is 1. The van der Waals surface area contributed by atoms with Crippen molar-refractivity contribution in [2.24, 2.45) is 5.92 Å². The number of carbonyl (C=O) groups excluding carboxylic acids is 1. The lowest BCUT2D eigenvalue weighted by molar-refractivity contribution is 0.163. The van der Waals surface area contributed by atoms with Crippen molar-refractivity contribution in [1.29, 1.82) is 0 Å². The van der Waals surface area contributed by atoms with Gasteiger partial charge in [0.15, 0.2) is 0 Å². The van der Waals surface area contributed by atoms with Crippen molar-refractivity contribution in [3.05, 3.63) is 22.7 Å². The fraction of sp³-hybridized carbons (Fsp3) is 0.533. The molecule has 1 rings (SSSR count). The molecule has 2 amide bonds. The minimum absolute atomic E-state index is 0.199. The molecule has 5 nitrogen and oxygen atoms in total. The Hall–Kier alpha value is -1.46. The maximum absolute atomic E-state index is 11.9. The van der Waals surface area contributed by atoms with Gasteiger partial charge in [-0.15, -0.1) is 0 Å². The maximum Gasteiger partial charge on any atom is 0.319 e. The molecule has 0 unspecified atom stereocenters. The monoisotopic (exact) mass is 314 g/mol. The minimum Gasteiger partial charge on any atom is -0.495 e. The number of methoxy groups -OCH3 is 1. The Morgan fingerprint density at radius 1 is 1.43 bits per heavy atom. The zero-order chi connectivity index (χ0) is 16.0. The Kier molecular flexibility index (Phi) is 6.78. The third-order valence-electron chi connectivity index (χ3n) is 3.08. The van der Waals surface area contributed by atoms with Crippen molar-refractivity contribution in [2.75, 3.05) is 19.0 Å². The molecular weight excluding hydrogens is 292 g/mol. The Morgan fingerprint density at radius 2 is 2.10 bits per heavy atom.